The van der Waals surface area contributed by atoms with Crippen molar-refractivity contribution < 1.29 is 4.79 Å². The van der Waals surface area contributed by atoms with E-state index in [1.165, 1.54) is 11.3 Å². The normalized spacial score (nSPS) is 14.6. The molecule has 1 aliphatic carbocycles. The second-order valence-corrected chi connectivity index (χ2v) is 4.75. The number of nitrogens with zero attached hydrogens (tertiary/aromatic N) is 2. The van der Waals surface area contributed by atoms with Gasteiger partial charge < -0.3 is 4.57 Å². The molecule has 2 heterocycles. The molecule has 0 amide bonds. The summed E-state index contributed by atoms with van der Waals surface area (Å²) in [6.07, 6.45) is 9.41. The number of hydrogen-bond acceptors (Lipinski definition) is 2. The van der Waals surface area contributed by atoms with Gasteiger partial charge in [0.1, 0.15) is 0 Å². The summed E-state index contributed by atoms with van der Waals surface area (Å²) in [4.78, 5) is 15.8. The highest BCUT2D eigenvalue weighted by Gasteiger charge is 2.20. The van der Waals surface area contributed by atoms with Gasteiger partial charge in [-0.05, 0) is 43.0 Å². The van der Waals surface area contributed by atoms with E-state index < -0.39 is 0 Å². The Balaban J connectivity index is 1.76. The van der Waals surface area contributed by atoms with Gasteiger partial charge >= 0.3 is 0 Å². The van der Waals surface area contributed by atoms with Gasteiger partial charge in [-0.2, -0.15) is 0 Å². The first-order valence-electron chi connectivity index (χ1n) is 6.45. The van der Waals surface area contributed by atoms with E-state index in [4.69, 9.17) is 0 Å². The maximum atomic E-state index is 11.8. The van der Waals surface area contributed by atoms with E-state index >= 15 is 0 Å². The Morgan fingerprint density at radius 3 is 2.83 bits per heavy atom. The Labute approximate surface area is 106 Å². The van der Waals surface area contributed by atoms with Crippen LogP contribution in [0.2, 0.25) is 0 Å². The van der Waals surface area contributed by atoms with E-state index in [1.54, 1.807) is 0 Å². The van der Waals surface area contributed by atoms with Crippen LogP contribution in [0.5, 0.6) is 0 Å². The van der Waals surface area contributed by atoms with Gasteiger partial charge in [-0.15, -0.1) is 0 Å². The predicted octanol–water partition coefficient (Wildman–Crippen LogP) is 2.64. The predicted molar refractivity (Wildman–Crippen MR) is 69.6 cm³/mol. The van der Waals surface area contributed by atoms with Gasteiger partial charge in [0.25, 0.3) is 0 Å². The van der Waals surface area contributed by atoms with Crippen molar-refractivity contribution in [2.75, 3.05) is 0 Å². The maximum absolute atomic E-state index is 11.8. The molecule has 2 aromatic rings. The second kappa shape index (κ2) is 4.77. The summed E-state index contributed by atoms with van der Waals surface area (Å²) in [6, 6.07) is 6.06. The lowest BCUT2D eigenvalue weighted by Crippen LogP contribution is -2.13. The Kier molecular flexibility index (Phi) is 2.97. The molecule has 18 heavy (non-hydrogen) atoms. The smallest absolute Gasteiger partial charge is 0.164 e. The molecule has 3 rings (SSSR count). The third-order valence-corrected chi connectivity index (χ3v) is 3.59. The fraction of sp³-hybridized carbons (Fsp3) is 0.333. The monoisotopic (exact) mass is 240 g/mol. The number of Topliss-reactive ketones (excluding diaryl/α,β-unsaturated/α-hetero) is 1. The lowest BCUT2D eigenvalue weighted by atomic mass is 9.97. The van der Waals surface area contributed by atoms with Crippen molar-refractivity contribution in [3.8, 4) is 0 Å². The van der Waals surface area contributed by atoms with Crippen LogP contribution >= 0.6 is 0 Å². The van der Waals surface area contributed by atoms with Gasteiger partial charge in [-0.25, -0.2) is 0 Å². The van der Waals surface area contributed by atoms with Crippen LogP contribution in [0.25, 0.3) is 0 Å². The summed E-state index contributed by atoms with van der Waals surface area (Å²) in [5, 5.41) is 0. The van der Waals surface area contributed by atoms with Gasteiger partial charge in [0.2, 0.25) is 0 Å². The van der Waals surface area contributed by atoms with Gasteiger partial charge in [-0.1, -0.05) is 0 Å². The van der Waals surface area contributed by atoms with Gasteiger partial charge in [0.15, 0.2) is 5.78 Å². The van der Waals surface area contributed by atoms with Crippen molar-refractivity contribution >= 4 is 5.78 Å². The zero-order chi connectivity index (χ0) is 12.4. The molecule has 0 radical (unpaired) electrons. The maximum Gasteiger partial charge on any atom is 0.164 e. The SMILES string of the molecule is O=C1CCCc2c1ccn2CCc1ccncc1. The van der Waals surface area contributed by atoms with E-state index in [1.807, 2.05) is 30.6 Å². The summed E-state index contributed by atoms with van der Waals surface area (Å²) in [6.45, 7) is 0.937. The van der Waals surface area contributed by atoms with E-state index in [9.17, 15) is 4.79 Å². The van der Waals surface area contributed by atoms with Crippen molar-refractivity contribution in [2.24, 2.45) is 0 Å². The summed E-state index contributed by atoms with van der Waals surface area (Å²) in [5.41, 5.74) is 3.45. The van der Waals surface area contributed by atoms with Crippen LogP contribution in [0.15, 0.2) is 36.8 Å². The second-order valence-electron chi connectivity index (χ2n) is 4.75. The average Bonchev–Trinajstić information content (AvgIpc) is 2.82. The van der Waals surface area contributed by atoms with E-state index in [2.05, 4.69) is 15.7 Å². The highest BCUT2D eigenvalue weighted by Crippen LogP contribution is 2.22. The molecule has 0 aliphatic heterocycles. The van der Waals surface area contributed by atoms with Crippen LogP contribution in [0.4, 0.5) is 0 Å². The zero-order valence-corrected chi connectivity index (χ0v) is 10.3. The van der Waals surface area contributed by atoms with Crippen LogP contribution in [0, 0.1) is 0 Å². The van der Waals surface area contributed by atoms with Crippen LogP contribution in [0.1, 0.15) is 34.5 Å². The number of carbonyl (C=O) groups is 1. The molecule has 0 fully saturated rings. The number of aryl methyl sites for hydroxylation is 2. The number of aromatic nitrogens is 2. The fourth-order valence-electron chi connectivity index (χ4n) is 2.60. The molecule has 2 aromatic heterocycles. The molecule has 0 bridgehead atoms. The van der Waals surface area contributed by atoms with Gasteiger partial charge in [0, 0.05) is 42.8 Å². The lowest BCUT2D eigenvalue weighted by molar-refractivity contribution is 0.0972. The molecular formula is C15H16N2O. The summed E-state index contributed by atoms with van der Waals surface area (Å²) < 4.78 is 2.23. The molecule has 0 saturated carbocycles. The number of rotatable bonds is 3. The molecule has 0 unspecified atom stereocenters. The van der Waals surface area contributed by atoms with E-state index in [0.717, 1.165) is 31.4 Å². The molecule has 0 atom stereocenters. The highest BCUT2D eigenvalue weighted by atomic mass is 16.1. The molecule has 1 aliphatic rings. The Morgan fingerprint density at radius 1 is 1.17 bits per heavy atom. The zero-order valence-electron chi connectivity index (χ0n) is 10.3. The first kappa shape index (κ1) is 11.2. The Morgan fingerprint density at radius 2 is 2.00 bits per heavy atom. The van der Waals surface area contributed by atoms with Crippen LogP contribution in [-0.4, -0.2) is 15.3 Å². The minimum absolute atomic E-state index is 0.305. The molecule has 0 aromatic carbocycles. The van der Waals surface area contributed by atoms with Gasteiger partial charge in [0.05, 0.1) is 0 Å². The molecular weight excluding hydrogens is 224 g/mol. The first-order chi connectivity index (χ1) is 8.84. The third kappa shape index (κ3) is 2.08. The first-order valence-corrected chi connectivity index (χ1v) is 6.45. The lowest BCUT2D eigenvalue weighted by Gasteiger charge is -2.14. The van der Waals surface area contributed by atoms with Gasteiger partial charge in [-0.3, -0.25) is 9.78 Å². The summed E-state index contributed by atoms with van der Waals surface area (Å²) >= 11 is 0. The van der Waals surface area contributed by atoms with E-state index in [0.29, 0.717) is 12.2 Å². The topological polar surface area (TPSA) is 34.9 Å². The van der Waals surface area contributed by atoms with Crippen LogP contribution < -0.4 is 0 Å². The Bertz CT molecular complexity index is 557. The standard InChI is InChI=1S/C15H16N2O/c18-15-3-1-2-14-13(15)7-11-17(14)10-6-12-4-8-16-9-5-12/h4-5,7-9,11H,1-3,6,10H2. The molecule has 0 saturated heterocycles. The third-order valence-electron chi connectivity index (χ3n) is 3.59. The van der Waals surface area contributed by atoms with Crippen molar-refractivity contribution in [1.29, 1.82) is 0 Å². The minimum Gasteiger partial charge on any atom is -0.350 e. The minimum atomic E-state index is 0.305. The van der Waals surface area contributed by atoms with Crippen molar-refractivity contribution in [3.63, 3.8) is 0 Å². The number of pyridine rings is 1. The van der Waals surface area contributed by atoms with Crippen molar-refractivity contribution in [1.82, 2.24) is 9.55 Å². The molecule has 3 nitrogen and oxygen atoms in total. The molecule has 0 N–H and O–H groups in total. The van der Waals surface area contributed by atoms with Crippen LogP contribution in [0.3, 0.4) is 0 Å². The molecule has 0 spiro atoms. The summed E-state index contributed by atoms with van der Waals surface area (Å²) in [7, 11) is 0. The van der Waals surface area contributed by atoms with Crippen LogP contribution in [-0.2, 0) is 19.4 Å². The van der Waals surface area contributed by atoms with Crippen molar-refractivity contribution in [2.45, 2.75) is 32.2 Å². The Hall–Kier alpha value is -1.90. The fourth-order valence-corrected chi connectivity index (χ4v) is 2.60. The number of fused-ring (bicyclic) bond motifs is 1. The van der Waals surface area contributed by atoms with Crippen molar-refractivity contribution in [3.05, 3.63) is 53.6 Å². The summed E-state index contributed by atoms with van der Waals surface area (Å²) in [5.74, 6) is 0.305. The quantitative estimate of drug-likeness (QED) is 0.826. The molecule has 92 valence electrons. The van der Waals surface area contributed by atoms with E-state index in [-0.39, 0.29) is 0 Å². The highest BCUT2D eigenvalue weighted by molar-refractivity contribution is 5.98. The largest absolute Gasteiger partial charge is 0.350 e. The molecule has 3 heteroatoms. The number of ketones is 1. The average molecular weight is 240 g/mol. The number of carbonyl (C=O) groups excluding carboxylic acids is 1. The number of hydrogen-bond donors (Lipinski definition) is 0.